The van der Waals surface area contributed by atoms with Crippen molar-refractivity contribution in [2.24, 2.45) is 5.73 Å². The van der Waals surface area contributed by atoms with Gasteiger partial charge in [-0.2, -0.15) is 5.10 Å². The average Bonchev–Trinajstić information content (AvgIpc) is 2.92. The van der Waals surface area contributed by atoms with Gasteiger partial charge in [-0.1, -0.05) is 11.6 Å². The SMILES string of the molecule is C[C@H](N)c1nc2c(Cl)cc(F)cc2c(=O)n1-c1cn[nH]c1. The number of halogens is 2. The van der Waals surface area contributed by atoms with Gasteiger partial charge in [0.15, 0.2) is 0 Å². The molecule has 0 aliphatic carbocycles. The first-order chi connectivity index (χ1) is 9.99. The van der Waals surface area contributed by atoms with E-state index >= 15 is 0 Å². The minimum absolute atomic E-state index is 0.0725. The van der Waals surface area contributed by atoms with Crippen molar-refractivity contribution in [1.82, 2.24) is 19.7 Å². The number of hydrogen-bond donors (Lipinski definition) is 2. The number of benzene rings is 1. The lowest BCUT2D eigenvalue weighted by Gasteiger charge is -2.14. The molecule has 3 N–H and O–H groups in total. The Hall–Kier alpha value is -2.25. The first-order valence-corrected chi connectivity index (χ1v) is 6.53. The van der Waals surface area contributed by atoms with Gasteiger partial charge in [-0.25, -0.2) is 9.37 Å². The third kappa shape index (κ3) is 2.20. The normalized spacial score (nSPS) is 12.8. The molecule has 2 heterocycles. The van der Waals surface area contributed by atoms with Crippen molar-refractivity contribution in [3.8, 4) is 5.69 Å². The molecule has 0 radical (unpaired) electrons. The van der Waals surface area contributed by atoms with E-state index in [1.165, 1.54) is 17.0 Å². The van der Waals surface area contributed by atoms with Crippen molar-refractivity contribution in [1.29, 1.82) is 0 Å². The monoisotopic (exact) mass is 307 g/mol. The first kappa shape index (κ1) is 13.7. The summed E-state index contributed by atoms with van der Waals surface area (Å²) in [4.78, 5) is 17.0. The minimum Gasteiger partial charge on any atom is -0.322 e. The molecular formula is C13H11ClFN5O. The van der Waals surface area contributed by atoms with E-state index in [0.717, 1.165) is 12.1 Å². The second-order valence-electron chi connectivity index (χ2n) is 4.64. The number of nitrogens with one attached hydrogen (secondary N) is 1. The molecule has 8 heteroatoms. The average molecular weight is 308 g/mol. The quantitative estimate of drug-likeness (QED) is 0.757. The van der Waals surface area contributed by atoms with Gasteiger partial charge in [0.2, 0.25) is 0 Å². The van der Waals surface area contributed by atoms with Gasteiger partial charge in [-0.15, -0.1) is 0 Å². The van der Waals surface area contributed by atoms with Crippen LogP contribution < -0.4 is 11.3 Å². The van der Waals surface area contributed by atoms with Gasteiger partial charge in [0.05, 0.1) is 33.9 Å². The van der Waals surface area contributed by atoms with Crippen LogP contribution in [0.5, 0.6) is 0 Å². The zero-order chi connectivity index (χ0) is 15.1. The lowest BCUT2D eigenvalue weighted by atomic mass is 10.2. The maximum Gasteiger partial charge on any atom is 0.266 e. The Kier molecular flexibility index (Phi) is 3.23. The smallest absolute Gasteiger partial charge is 0.266 e. The van der Waals surface area contributed by atoms with Gasteiger partial charge in [-0.3, -0.25) is 14.5 Å². The Labute approximate surface area is 123 Å². The van der Waals surface area contributed by atoms with E-state index in [-0.39, 0.29) is 15.9 Å². The van der Waals surface area contributed by atoms with Gasteiger partial charge in [-0.05, 0) is 19.1 Å². The van der Waals surface area contributed by atoms with Crippen molar-refractivity contribution < 1.29 is 4.39 Å². The molecule has 0 aliphatic rings. The maximum absolute atomic E-state index is 13.5. The third-order valence-corrected chi connectivity index (χ3v) is 3.35. The van der Waals surface area contributed by atoms with Crippen LogP contribution in [0.3, 0.4) is 0 Å². The predicted octanol–water partition coefficient (Wildman–Crippen LogP) is 1.92. The lowest BCUT2D eigenvalue weighted by molar-refractivity contribution is 0.628. The number of H-pyrrole nitrogens is 1. The highest BCUT2D eigenvalue weighted by atomic mass is 35.5. The molecule has 108 valence electrons. The Morgan fingerprint density at radius 1 is 1.48 bits per heavy atom. The third-order valence-electron chi connectivity index (χ3n) is 3.07. The van der Waals surface area contributed by atoms with Crippen molar-refractivity contribution >= 4 is 22.5 Å². The van der Waals surface area contributed by atoms with Crippen LogP contribution in [0, 0.1) is 5.82 Å². The van der Waals surface area contributed by atoms with Crippen LogP contribution in [0.15, 0.2) is 29.3 Å². The fraction of sp³-hybridized carbons (Fsp3) is 0.154. The molecule has 1 aromatic carbocycles. The molecule has 0 fully saturated rings. The maximum atomic E-state index is 13.5. The fourth-order valence-electron chi connectivity index (χ4n) is 2.15. The van der Waals surface area contributed by atoms with Crippen molar-refractivity contribution in [2.75, 3.05) is 0 Å². The number of aromatic nitrogens is 4. The van der Waals surface area contributed by atoms with Crippen LogP contribution in [-0.2, 0) is 0 Å². The molecule has 0 amide bonds. The number of aromatic amines is 1. The zero-order valence-electron chi connectivity index (χ0n) is 11.0. The first-order valence-electron chi connectivity index (χ1n) is 6.15. The molecule has 21 heavy (non-hydrogen) atoms. The van der Waals surface area contributed by atoms with E-state index in [1.54, 1.807) is 6.92 Å². The van der Waals surface area contributed by atoms with Gasteiger partial charge >= 0.3 is 0 Å². The highest BCUT2D eigenvalue weighted by molar-refractivity contribution is 6.35. The second kappa shape index (κ2) is 4.94. The van der Waals surface area contributed by atoms with Crippen molar-refractivity contribution in [3.63, 3.8) is 0 Å². The largest absolute Gasteiger partial charge is 0.322 e. The molecule has 0 saturated carbocycles. The van der Waals surface area contributed by atoms with Crippen molar-refractivity contribution in [3.05, 3.63) is 51.5 Å². The molecule has 2 aromatic heterocycles. The zero-order valence-corrected chi connectivity index (χ0v) is 11.7. The highest BCUT2D eigenvalue weighted by Crippen LogP contribution is 2.23. The van der Waals surface area contributed by atoms with E-state index < -0.39 is 17.4 Å². The van der Waals surface area contributed by atoms with Gasteiger partial charge in [0.1, 0.15) is 11.6 Å². The number of nitrogens with zero attached hydrogens (tertiary/aromatic N) is 3. The summed E-state index contributed by atoms with van der Waals surface area (Å²) in [6.07, 6.45) is 2.99. The van der Waals surface area contributed by atoms with Crippen LogP contribution >= 0.6 is 11.6 Å². The highest BCUT2D eigenvalue weighted by Gasteiger charge is 2.18. The fourth-order valence-corrected chi connectivity index (χ4v) is 2.40. The molecule has 0 spiro atoms. The van der Waals surface area contributed by atoms with Gasteiger partial charge in [0.25, 0.3) is 5.56 Å². The Morgan fingerprint density at radius 2 is 2.24 bits per heavy atom. The molecule has 0 saturated heterocycles. The molecule has 3 aromatic rings. The molecule has 1 atom stereocenters. The second-order valence-corrected chi connectivity index (χ2v) is 5.05. The minimum atomic E-state index is -0.598. The summed E-state index contributed by atoms with van der Waals surface area (Å²) >= 11 is 5.98. The van der Waals surface area contributed by atoms with Crippen LogP contribution in [0.2, 0.25) is 5.02 Å². The molecule has 3 rings (SSSR count). The molecule has 0 bridgehead atoms. The molecular weight excluding hydrogens is 297 g/mol. The summed E-state index contributed by atoms with van der Waals surface area (Å²) in [7, 11) is 0. The van der Waals surface area contributed by atoms with Gasteiger partial charge < -0.3 is 5.73 Å². The van der Waals surface area contributed by atoms with E-state index in [2.05, 4.69) is 15.2 Å². The topological polar surface area (TPSA) is 89.6 Å². The van der Waals surface area contributed by atoms with E-state index in [9.17, 15) is 9.18 Å². The summed E-state index contributed by atoms with van der Waals surface area (Å²) in [6.45, 7) is 1.70. The number of hydrogen-bond acceptors (Lipinski definition) is 4. The van der Waals surface area contributed by atoms with Crippen molar-refractivity contribution in [2.45, 2.75) is 13.0 Å². The van der Waals surface area contributed by atoms with E-state index in [1.807, 2.05) is 0 Å². The molecule has 0 aliphatic heterocycles. The van der Waals surface area contributed by atoms with E-state index in [0.29, 0.717) is 11.5 Å². The Morgan fingerprint density at radius 3 is 2.86 bits per heavy atom. The van der Waals surface area contributed by atoms with Crippen LogP contribution in [0.25, 0.3) is 16.6 Å². The summed E-state index contributed by atoms with van der Waals surface area (Å²) in [5.74, 6) is -0.277. The summed E-state index contributed by atoms with van der Waals surface area (Å²) in [6, 6.07) is 1.71. The summed E-state index contributed by atoms with van der Waals surface area (Å²) in [5, 5.41) is 6.58. The number of nitrogens with two attached hydrogens (primary N) is 1. The Bertz CT molecular complexity index is 872. The number of fused-ring (bicyclic) bond motifs is 1. The van der Waals surface area contributed by atoms with Crippen LogP contribution in [-0.4, -0.2) is 19.7 Å². The predicted molar refractivity (Wildman–Crippen MR) is 77.1 cm³/mol. The van der Waals surface area contributed by atoms with Gasteiger partial charge in [0, 0.05) is 6.20 Å². The van der Waals surface area contributed by atoms with E-state index in [4.69, 9.17) is 17.3 Å². The summed E-state index contributed by atoms with van der Waals surface area (Å²) in [5.41, 5.74) is 6.15. The number of rotatable bonds is 2. The lowest BCUT2D eigenvalue weighted by Crippen LogP contribution is -2.27. The summed E-state index contributed by atoms with van der Waals surface area (Å²) < 4.78 is 14.8. The Balaban J connectivity index is 2.49. The van der Waals surface area contributed by atoms with Crippen LogP contribution in [0.1, 0.15) is 18.8 Å². The van der Waals surface area contributed by atoms with Crippen LogP contribution in [0.4, 0.5) is 4.39 Å². The molecule has 0 unspecified atom stereocenters. The standard InChI is InChI=1S/C13H11ClFN5O/c1-6(16)12-19-11-9(2-7(15)3-10(11)14)13(21)20(12)8-4-17-18-5-8/h2-6H,16H2,1H3,(H,17,18)/t6-/m0/s1. The molecule has 6 nitrogen and oxygen atoms in total.